The Morgan fingerprint density at radius 3 is 1.92 bits per heavy atom. The first kappa shape index (κ1) is 50.7. The molecule has 0 aliphatic carbocycles. The summed E-state index contributed by atoms with van der Waals surface area (Å²) in [7, 11) is 0. The number of fused-ring (bicyclic) bond motifs is 1. The molecule has 0 radical (unpaired) electrons. The number of thiazole rings is 1. The SMILES string of the molecule is CC(C)(C)OC(=O)Nc1nc(/C(=N/OC(c2ccccc2)(c2ccccc2)c2ccccc2)C(=O)NC2C(=O)N3C(C(=O)OC(c4ccccc4)c4ccccc4)=C(SC=CC(N)=NC#N)CS[C@H]23)c(Cl)s1. The molecule has 364 valence electrons. The molecule has 4 N–H and O–H groups in total. The lowest BCUT2D eigenvalue weighted by Crippen LogP contribution is -2.71. The van der Waals surface area contributed by atoms with Crippen LogP contribution in [0.15, 0.2) is 184 Å². The molecule has 1 unspecified atom stereocenters. The Morgan fingerprint density at radius 2 is 1.40 bits per heavy atom. The maximum absolute atomic E-state index is 15.0. The van der Waals surface area contributed by atoms with E-state index in [1.54, 1.807) is 32.4 Å². The highest BCUT2D eigenvalue weighted by molar-refractivity contribution is 8.08. The maximum atomic E-state index is 15.0. The number of carbonyl (C=O) groups is 4. The van der Waals surface area contributed by atoms with Crippen LogP contribution in [0.3, 0.4) is 0 Å². The minimum atomic E-state index is -1.46. The Balaban J connectivity index is 1.17. The third kappa shape index (κ3) is 11.4. The second-order valence-corrected chi connectivity index (χ2v) is 20.6. The fourth-order valence-corrected chi connectivity index (χ4v) is 11.2. The molecule has 3 heterocycles. The number of oxime groups is 1. The monoisotopic (exact) mass is 1040 g/mol. The van der Waals surface area contributed by atoms with Crippen molar-refractivity contribution in [3.63, 3.8) is 0 Å². The second-order valence-electron chi connectivity index (χ2n) is 16.9. The first-order chi connectivity index (χ1) is 34.8. The Bertz CT molecular complexity index is 2970. The van der Waals surface area contributed by atoms with Gasteiger partial charge < -0.3 is 25.4 Å². The lowest BCUT2D eigenvalue weighted by Gasteiger charge is -2.49. The van der Waals surface area contributed by atoms with Gasteiger partial charge in [-0.25, -0.2) is 14.6 Å². The molecular weight excluding hydrogens is 992 g/mol. The number of esters is 1. The van der Waals surface area contributed by atoms with Crippen molar-refractivity contribution < 1.29 is 33.5 Å². The lowest BCUT2D eigenvalue weighted by molar-refractivity contribution is -0.154. The van der Waals surface area contributed by atoms with Crippen molar-refractivity contribution in [2.24, 2.45) is 15.9 Å². The normalized spacial score (nSPS) is 16.1. The fraction of sp³-hybridized carbons (Fsp3) is 0.170. The number of β-lactam (4-membered cyclic amide) rings is 1. The van der Waals surface area contributed by atoms with E-state index in [-0.39, 0.29) is 32.4 Å². The van der Waals surface area contributed by atoms with Gasteiger partial charge in [0, 0.05) is 27.3 Å². The van der Waals surface area contributed by atoms with Gasteiger partial charge in [-0.2, -0.15) is 10.3 Å². The molecule has 1 saturated heterocycles. The minimum absolute atomic E-state index is 0.00347. The highest BCUT2D eigenvalue weighted by atomic mass is 35.5. The summed E-state index contributed by atoms with van der Waals surface area (Å²) in [6.07, 6.45) is 1.38. The fourth-order valence-electron chi connectivity index (χ4n) is 7.78. The number of thioether (sulfide) groups is 2. The summed E-state index contributed by atoms with van der Waals surface area (Å²) in [5.41, 5.74) is 6.34. The third-order valence-electron chi connectivity index (χ3n) is 10.9. The molecule has 2 atom stereocenters. The quantitative estimate of drug-likeness (QED) is 0.0157. The van der Waals surface area contributed by atoms with Crippen LogP contribution in [0.2, 0.25) is 4.34 Å². The highest BCUT2D eigenvalue weighted by Crippen LogP contribution is 2.46. The Hall–Kier alpha value is -7.69. The van der Waals surface area contributed by atoms with Gasteiger partial charge in [-0.1, -0.05) is 192 Å². The number of hydrogen-bond acceptors (Lipinski definition) is 14. The predicted octanol–water partition coefficient (Wildman–Crippen LogP) is 9.89. The van der Waals surface area contributed by atoms with Crippen molar-refractivity contribution in [1.29, 1.82) is 5.26 Å². The Morgan fingerprint density at radius 1 is 0.875 bits per heavy atom. The van der Waals surface area contributed by atoms with Crippen LogP contribution >= 0.6 is 46.5 Å². The van der Waals surface area contributed by atoms with E-state index in [0.717, 1.165) is 23.1 Å². The molecule has 5 aromatic carbocycles. The molecule has 0 bridgehead atoms. The number of hydrogen-bond donors (Lipinski definition) is 3. The summed E-state index contributed by atoms with van der Waals surface area (Å²) in [6.45, 7) is 5.13. The van der Waals surface area contributed by atoms with E-state index in [1.165, 1.54) is 22.7 Å². The zero-order chi connectivity index (χ0) is 50.8. The molecule has 72 heavy (non-hydrogen) atoms. The van der Waals surface area contributed by atoms with E-state index in [0.29, 0.717) is 32.7 Å². The summed E-state index contributed by atoms with van der Waals surface area (Å²) in [5.74, 6) is -2.17. The van der Waals surface area contributed by atoms with E-state index >= 15 is 0 Å². The summed E-state index contributed by atoms with van der Waals surface area (Å²) < 4.78 is 11.7. The summed E-state index contributed by atoms with van der Waals surface area (Å²) in [4.78, 5) is 73.7. The van der Waals surface area contributed by atoms with E-state index in [9.17, 15) is 19.2 Å². The highest BCUT2D eigenvalue weighted by Gasteiger charge is 2.55. The summed E-state index contributed by atoms with van der Waals surface area (Å²) in [5, 5.41) is 19.8. The zero-order valence-electron chi connectivity index (χ0n) is 38.8. The number of halogens is 1. The molecule has 15 nitrogen and oxygen atoms in total. The zero-order valence-corrected chi connectivity index (χ0v) is 42.0. The van der Waals surface area contributed by atoms with Gasteiger partial charge in [0.2, 0.25) is 11.8 Å². The number of nitrogens with one attached hydrogen (secondary N) is 2. The maximum Gasteiger partial charge on any atom is 0.413 e. The standard InChI is InChI=1S/C53H45ClN8O7S3/c1-52(2,3)68-51(66)60-50-59-40(45(54)72-50)41(61-69-53(35-23-13-6-14-24-35,36-25-15-7-16-26-36)37-27-17-8-18-28-37)46(63)58-42-47(64)62-43(38(31-71-48(42)62)70-30-29-39(56)57-32-55)49(65)67-44(33-19-9-4-10-20-33)34-21-11-5-12-22-34/h4-30,42,44,48H,31H2,1-3H3,(H2,56,57)(H,58,63)(H,59,60,66)/b30-29?,61-41-/t42?,48-/m1/s1. The summed E-state index contributed by atoms with van der Waals surface area (Å²) >= 11 is 10.1. The van der Waals surface area contributed by atoms with Crippen LogP contribution in [0.4, 0.5) is 9.93 Å². The van der Waals surface area contributed by atoms with E-state index in [2.05, 4.69) is 25.8 Å². The molecule has 2 aliphatic heterocycles. The van der Waals surface area contributed by atoms with Crippen LogP contribution in [0.5, 0.6) is 0 Å². The number of anilines is 1. The molecule has 2 aliphatic rings. The molecule has 6 aromatic rings. The van der Waals surface area contributed by atoms with E-state index in [1.807, 2.05) is 152 Å². The molecule has 0 spiro atoms. The second kappa shape index (κ2) is 22.6. The average molecular weight is 1040 g/mol. The number of nitrogens with two attached hydrogens (primary N) is 1. The number of nitrogens with zero attached hydrogens (tertiary/aromatic N) is 5. The van der Waals surface area contributed by atoms with Crippen molar-refractivity contribution in [3.05, 3.63) is 212 Å². The minimum Gasteiger partial charge on any atom is -0.448 e. The van der Waals surface area contributed by atoms with Crippen LogP contribution in [0.1, 0.15) is 60.4 Å². The lowest BCUT2D eigenvalue weighted by atomic mass is 9.80. The molecule has 1 aromatic heterocycles. The van der Waals surface area contributed by atoms with Crippen molar-refractivity contribution in [2.45, 2.75) is 49.5 Å². The smallest absolute Gasteiger partial charge is 0.413 e. The molecule has 0 saturated carbocycles. The van der Waals surface area contributed by atoms with Crippen LogP contribution in [0, 0.1) is 11.5 Å². The first-order valence-corrected chi connectivity index (χ1v) is 25.3. The number of nitriles is 1. The molecule has 3 amide bonds. The van der Waals surface area contributed by atoms with Gasteiger partial charge in [0.05, 0.1) is 0 Å². The molecule has 19 heteroatoms. The number of aliphatic imine (C=N–C) groups is 1. The number of amidine groups is 1. The summed E-state index contributed by atoms with van der Waals surface area (Å²) in [6, 6.07) is 45.3. The van der Waals surface area contributed by atoms with Crippen LogP contribution < -0.4 is 16.4 Å². The van der Waals surface area contributed by atoms with Crippen LogP contribution in [0.25, 0.3) is 0 Å². The van der Waals surface area contributed by atoms with Crippen LogP contribution in [-0.2, 0) is 34.3 Å². The van der Waals surface area contributed by atoms with Gasteiger partial charge in [-0.15, -0.1) is 11.8 Å². The van der Waals surface area contributed by atoms with Gasteiger partial charge in [-0.05, 0) is 43.4 Å². The van der Waals surface area contributed by atoms with Crippen molar-refractivity contribution in [3.8, 4) is 6.19 Å². The van der Waals surface area contributed by atoms with Crippen LogP contribution in [-0.4, -0.2) is 68.1 Å². The number of ether oxygens (including phenoxy) is 2. The van der Waals surface area contributed by atoms with Gasteiger partial charge in [-0.3, -0.25) is 19.8 Å². The van der Waals surface area contributed by atoms with Gasteiger partial charge in [0.25, 0.3) is 11.8 Å². The number of rotatable bonds is 16. The third-order valence-corrected chi connectivity index (χ3v) is 14.4. The Kier molecular flexibility index (Phi) is 15.9. The molecule has 8 rings (SSSR count). The van der Waals surface area contributed by atoms with E-state index in [4.69, 9.17) is 36.9 Å². The average Bonchev–Trinajstić information content (AvgIpc) is 3.74. The Labute approximate surface area is 432 Å². The predicted molar refractivity (Wildman–Crippen MR) is 281 cm³/mol. The van der Waals surface area contributed by atoms with Crippen molar-refractivity contribution in [2.75, 3.05) is 11.1 Å². The van der Waals surface area contributed by atoms with Crippen molar-refractivity contribution in [1.82, 2.24) is 15.2 Å². The molecular formula is C53H45ClN8O7S3. The number of benzene rings is 5. The first-order valence-electron chi connectivity index (χ1n) is 22.2. The largest absolute Gasteiger partial charge is 0.448 e. The van der Waals surface area contributed by atoms with Gasteiger partial charge >= 0.3 is 12.1 Å². The van der Waals surface area contributed by atoms with E-state index < -0.39 is 58.3 Å². The number of amides is 3. The van der Waals surface area contributed by atoms with Crippen molar-refractivity contribution >= 4 is 87.0 Å². The molecule has 1 fully saturated rings. The topological polar surface area (TPSA) is 211 Å². The van der Waals surface area contributed by atoms with Gasteiger partial charge in [0.1, 0.15) is 38.6 Å². The number of carbonyl (C=O) groups excluding carboxylic acids is 4. The van der Waals surface area contributed by atoms with Gasteiger partial charge in [0.15, 0.2) is 16.9 Å². The number of aromatic nitrogens is 1.